The van der Waals surface area contributed by atoms with Crippen molar-refractivity contribution in [1.82, 2.24) is 15.0 Å². The summed E-state index contributed by atoms with van der Waals surface area (Å²) in [6.45, 7) is 0.593. The van der Waals surface area contributed by atoms with Gasteiger partial charge in [0.15, 0.2) is 0 Å². The third-order valence-corrected chi connectivity index (χ3v) is 2.76. The van der Waals surface area contributed by atoms with Gasteiger partial charge in [0.25, 0.3) is 0 Å². The van der Waals surface area contributed by atoms with Crippen LogP contribution >= 0.6 is 15.9 Å². The van der Waals surface area contributed by atoms with Gasteiger partial charge in [-0.3, -0.25) is 4.98 Å². The van der Waals surface area contributed by atoms with Crippen molar-refractivity contribution in [3.8, 4) is 0 Å². The molecular weight excluding hydrogens is 270 g/mol. The summed E-state index contributed by atoms with van der Waals surface area (Å²) in [4.78, 5) is 12.1. The maximum Gasteiger partial charge on any atom is 0.146 e. The molecule has 0 aromatic carbocycles. The number of nitrogens with two attached hydrogens (primary N) is 1. The summed E-state index contributed by atoms with van der Waals surface area (Å²) >= 11 is 3.32. The van der Waals surface area contributed by atoms with Crippen molar-refractivity contribution in [2.45, 2.75) is 6.54 Å². The molecule has 3 N–H and O–H groups in total. The van der Waals surface area contributed by atoms with Gasteiger partial charge in [0, 0.05) is 6.20 Å². The maximum atomic E-state index is 5.64. The Kier molecular flexibility index (Phi) is 3.31. The van der Waals surface area contributed by atoms with Crippen molar-refractivity contribution in [2.24, 2.45) is 0 Å². The molecule has 16 heavy (non-hydrogen) atoms. The monoisotopic (exact) mass is 279 g/mol. The number of aromatic nitrogens is 3. The molecule has 0 saturated heterocycles. The van der Waals surface area contributed by atoms with E-state index in [9.17, 15) is 0 Å². The van der Waals surface area contributed by atoms with Gasteiger partial charge < -0.3 is 11.1 Å². The van der Waals surface area contributed by atoms with Crippen LogP contribution in [-0.2, 0) is 6.54 Å². The molecular formula is C10H10BrN5. The summed E-state index contributed by atoms with van der Waals surface area (Å²) < 4.78 is 0.672. The minimum absolute atomic E-state index is 0.415. The van der Waals surface area contributed by atoms with Crippen LogP contribution in [-0.4, -0.2) is 15.0 Å². The molecule has 2 heterocycles. The number of nitrogen functional groups attached to an aromatic ring is 1. The molecule has 6 heteroatoms. The van der Waals surface area contributed by atoms with Crippen LogP contribution in [0.3, 0.4) is 0 Å². The van der Waals surface area contributed by atoms with E-state index in [1.165, 1.54) is 6.33 Å². The molecule has 0 spiro atoms. The van der Waals surface area contributed by atoms with E-state index < -0.39 is 0 Å². The van der Waals surface area contributed by atoms with Crippen molar-refractivity contribution in [3.63, 3.8) is 0 Å². The second kappa shape index (κ2) is 4.89. The molecule has 0 saturated carbocycles. The molecule has 0 unspecified atom stereocenters. The molecule has 82 valence electrons. The van der Waals surface area contributed by atoms with Gasteiger partial charge in [-0.05, 0) is 28.1 Å². The fraction of sp³-hybridized carbons (Fsp3) is 0.100. The van der Waals surface area contributed by atoms with E-state index in [1.54, 1.807) is 6.20 Å². The SMILES string of the molecule is Nc1ncnc(NCc2ccccn2)c1Br. The Labute approximate surface area is 101 Å². The number of hydrogen-bond donors (Lipinski definition) is 2. The van der Waals surface area contributed by atoms with Crippen LogP contribution in [0.5, 0.6) is 0 Å². The number of anilines is 2. The molecule has 2 rings (SSSR count). The fourth-order valence-corrected chi connectivity index (χ4v) is 1.53. The summed E-state index contributed by atoms with van der Waals surface area (Å²) in [5, 5.41) is 3.13. The van der Waals surface area contributed by atoms with Gasteiger partial charge in [-0.1, -0.05) is 6.07 Å². The van der Waals surface area contributed by atoms with Gasteiger partial charge in [0.2, 0.25) is 0 Å². The first-order chi connectivity index (χ1) is 7.77. The van der Waals surface area contributed by atoms with Crippen molar-refractivity contribution < 1.29 is 0 Å². The normalized spacial score (nSPS) is 10.1. The molecule has 2 aromatic rings. The Balaban J connectivity index is 2.08. The number of halogens is 1. The lowest BCUT2D eigenvalue weighted by Gasteiger charge is -2.07. The van der Waals surface area contributed by atoms with Gasteiger partial charge in [-0.2, -0.15) is 0 Å². The van der Waals surface area contributed by atoms with Crippen LogP contribution in [0.1, 0.15) is 5.69 Å². The van der Waals surface area contributed by atoms with E-state index in [0.29, 0.717) is 22.7 Å². The zero-order valence-corrected chi connectivity index (χ0v) is 9.98. The molecule has 0 aliphatic carbocycles. The van der Waals surface area contributed by atoms with E-state index in [0.717, 1.165) is 5.69 Å². The Morgan fingerprint density at radius 1 is 1.25 bits per heavy atom. The largest absolute Gasteiger partial charge is 0.383 e. The Morgan fingerprint density at radius 2 is 2.12 bits per heavy atom. The summed E-state index contributed by atoms with van der Waals surface area (Å²) in [7, 11) is 0. The van der Waals surface area contributed by atoms with Crippen LogP contribution in [0.25, 0.3) is 0 Å². The van der Waals surface area contributed by atoms with Gasteiger partial charge in [-0.25, -0.2) is 9.97 Å². The number of pyridine rings is 1. The zero-order valence-electron chi connectivity index (χ0n) is 8.39. The van der Waals surface area contributed by atoms with Crippen molar-refractivity contribution >= 4 is 27.6 Å². The quantitative estimate of drug-likeness (QED) is 0.897. The smallest absolute Gasteiger partial charge is 0.146 e. The molecule has 0 aliphatic heterocycles. The predicted octanol–water partition coefficient (Wildman–Crippen LogP) is 1.83. The molecule has 2 aromatic heterocycles. The van der Waals surface area contributed by atoms with Gasteiger partial charge >= 0.3 is 0 Å². The van der Waals surface area contributed by atoms with Crippen LogP contribution in [0.4, 0.5) is 11.6 Å². The Morgan fingerprint density at radius 3 is 2.88 bits per heavy atom. The Bertz CT molecular complexity index is 474. The predicted molar refractivity (Wildman–Crippen MR) is 65.7 cm³/mol. The highest BCUT2D eigenvalue weighted by atomic mass is 79.9. The topological polar surface area (TPSA) is 76.7 Å². The third kappa shape index (κ3) is 2.46. The lowest BCUT2D eigenvalue weighted by atomic mass is 10.3. The molecule has 0 radical (unpaired) electrons. The summed E-state index contributed by atoms with van der Waals surface area (Å²) in [6, 6.07) is 5.75. The van der Waals surface area contributed by atoms with Crippen molar-refractivity contribution in [2.75, 3.05) is 11.1 Å². The zero-order chi connectivity index (χ0) is 11.4. The second-order valence-corrected chi connectivity index (χ2v) is 3.89. The highest BCUT2D eigenvalue weighted by Gasteiger charge is 2.05. The molecule has 0 aliphatic rings. The van der Waals surface area contributed by atoms with E-state index in [4.69, 9.17) is 5.73 Å². The van der Waals surface area contributed by atoms with Gasteiger partial charge in [-0.15, -0.1) is 0 Å². The first-order valence-corrected chi connectivity index (χ1v) is 5.46. The average molecular weight is 280 g/mol. The lowest BCUT2D eigenvalue weighted by molar-refractivity contribution is 1.02. The standard InChI is InChI=1S/C10H10BrN5/c11-8-9(12)15-6-16-10(8)14-5-7-3-1-2-4-13-7/h1-4,6H,5H2,(H3,12,14,15,16). The van der Waals surface area contributed by atoms with Crippen molar-refractivity contribution in [1.29, 1.82) is 0 Å². The van der Waals surface area contributed by atoms with Gasteiger partial charge in [0.1, 0.15) is 22.4 Å². The fourth-order valence-electron chi connectivity index (χ4n) is 1.18. The first-order valence-electron chi connectivity index (χ1n) is 4.67. The minimum atomic E-state index is 0.415. The molecule has 5 nitrogen and oxygen atoms in total. The second-order valence-electron chi connectivity index (χ2n) is 3.10. The summed E-state index contributed by atoms with van der Waals surface area (Å²) in [5.74, 6) is 1.08. The third-order valence-electron chi connectivity index (χ3n) is 1.98. The molecule has 0 atom stereocenters. The summed E-state index contributed by atoms with van der Waals surface area (Å²) in [5.41, 5.74) is 6.57. The highest BCUT2D eigenvalue weighted by molar-refractivity contribution is 9.10. The first kappa shape index (κ1) is 10.8. The summed E-state index contributed by atoms with van der Waals surface area (Å²) in [6.07, 6.45) is 3.17. The molecule has 0 bridgehead atoms. The van der Waals surface area contributed by atoms with E-state index in [-0.39, 0.29) is 0 Å². The lowest BCUT2D eigenvalue weighted by Crippen LogP contribution is -2.05. The van der Waals surface area contributed by atoms with Crippen LogP contribution < -0.4 is 11.1 Å². The number of nitrogens with one attached hydrogen (secondary N) is 1. The Hall–Kier alpha value is -1.69. The minimum Gasteiger partial charge on any atom is -0.383 e. The highest BCUT2D eigenvalue weighted by Crippen LogP contribution is 2.24. The van der Waals surface area contributed by atoms with Crippen LogP contribution in [0.2, 0.25) is 0 Å². The van der Waals surface area contributed by atoms with Crippen molar-refractivity contribution in [3.05, 3.63) is 40.9 Å². The maximum absolute atomic E-state index is 5.64. The average Bonchev–Trinajstić information content (AvgIpc) is 2.32. The van der Waals surface area contributed by atoms with E-state index in [1.807, 2.05) is 18.2 Å². The number of nitrogens with zero attached hydrogens (tertiary/aromatic N) is 3. The van der Waals surface area contributed by atoms with Crippen LogP contribution in [0.15, 0.2) is 35.2 Å². The van der Waals surface area contributed by atoms with E-state index in [2.05, 4.69) is 36.2 Å². The molecule has 0 fully saturated rings. The van der Waals surface area contributed by atoms with E-state index >= 15 is 0 Å². The number of rotatable bonds is 3. The number of hydrogen-bond acceptors (Lipinski definition) is 5. The van der Waals surface area contributed by atoms with Gasteiger partial charge in [0.05, 0.1) is 12.2 Å². The molecule has 0 amide bonds. The van der Waals surface area contributed by atoms with Crippen LogP contribution in [0, 0.1) is 0 Å².